The number of aryl methyl sites for hydroxylation is 1. The zero-order valence-electron chi connectivity index (χ0n) is 15.6. The maximum Gasteiger partial charge on any atom is 0.343 e. The van der Waals surface area contributed by atoms with Crippen molar-refractivity contribution in [2.45, 2.75) is 6.92 Å². The molecular formula is C22H18ClN3O2S. The van der Waals surface area contributed by atoms with E-state index in [1.807, 2.05) is 37.3 Å². The topological polar surface area (TPSA) is 62.7 Å². The molecule has 0 spiro atoms. The van der Waals surface area contributed by atoms with Gasteiger partial charge in [-0.15, -0.1) is 0 Å². The van der Waals surface area contributed by atoms with Crippen molar-refractivity contribution in [2.75, 3.05) is 5.32 Å². The molecular weight excluding hydrogens is 406 g/mol. The molecule has 5 nitrogen and oxygen atoms in total. The highest BCUT2D eigenvalue weighted by Gasteiger charge is 2.10. The minimum Gasteiger partial charge on any atom is -0.422 e. The molecule has 0 unspecified atom stereocenters. The van der Waals surface area contributed by atoms with Crippen molar-refractivity contribution < 1.29 is 9.53 Å². The summed E-state index contributed by atoms with van der Waals surface area (Å²) in [5.41, 5.74) is 5.78. The number of nitrogens with zero attached hydrogens (tertiary/aromatic N) is 1. The standard InChI is InChI=1S/C22H18ClN3O2S/c1-15-5-4-7-19(13-15)25-22(29)26-24-14-17-6-2-3-8-20(17)28-21(27)16-9-11-18(23)12-10-16/h2-14H,1H3,(H2,25,26,29)/b24-14-. The molecule has 7 heteroatoms. The van der Waals surface area contributed by atoms with Crippen molar-refractivity contribution in [3.05, 3.63) is 94.5 Å². The Morgan fingerprint density at radius 3 is 2.59 bits per heavy atom. The molecule has 29 heavy (non-hydrogen) atoms. The minimum absolute atomic E-state index is 0.350. The van der Waals surface area contributed by atoms with Crippen LogP contribution >= 0.6 is 23.8 Å². The van der Waals surface area contributed by atoms with Crippen molar-refractivity contribution in [3.8, 4) is 5.75 Å². The summed E-state index contributed by atoms with van der Waals surface area (Å²) in [4.78, 5) is 12.3. The van der Waals surface area contributed by atoms with Crippen LogP contribution in [0.1, 0.15) is 21.5 Å². The van der Waals surface area contributed by atoms with E-state index in [9.17, 15) is 4.79 Å². The highest BCUT2D eigenvalue weighted by molar-refractivity contribution is 7.80. The number of esters is 1. The number of carbonyl (C=O) groups is 1. The van der Waals surface area contributed by atoms with Gasteiger partial charge in [-0.05, 0) is 73.2 Å². The molecule has 0 aliphatic rings. The first-order valence-electron chi connectivity index (χ1n) is 8.75. The molecule has 0 radical (unpaired) electrons. The fourth-order valence-electron chi connectivity index (χ4n) is 2.47. The Hall–Kier alpha value is -3.22. The third-order valence-corrected chi connectivity index (χ3v) is 4.29. The lowest BCUT2D eigenvalue weighted by molar-refractivity contribution is 0.0734. The maximum atomic E-state index is 12.3. The normalized spacial score (nSPS) is 10.6. The molecule has 0 aromatic heterocycles. The Morgan fingerprint density at radius 1 is 1.07 bits per heavy atom. The van der Waals surface area contributed by atoms with Crippen LogP contribution in [0, 0.1) is 6.92 Å². The molecule has 146 valence electrons. The summed E-state index contributed by atoms with van der Waals surface area (Å²) in [7, 11) is 0. The maximum absolute atomic E-state index is 12.3. The van der Waals surface area contributed by atoms with E-state index >= 15 is 0 Å². The molecule has 0 aliphatic carbocycles. The largest absolute Gasteiger partial charge is 0.422 e. The van der Waals surface area contributed by atoms with E-state index in [0.29, 0.717) is 27.0 Å². The quantitative estimate of drug-likeness (QED) is 0.194. The summed E-state index contributed by atoms with van der Waals surface area (Å²) in [6.07, 6.45) is 1.54. The number of rotatable bonds is 5. The number of para-hydroxylation sites is 1. The van der Waals surface area contributed by atoms with Crippen LogP contribution in [0.15, 0.2) is 77.9 Å². The second kappa shape index (κ2) is 9.82. The SMILES string of the molecule is Cc1cccc(NC(=S)N/N=C\c2ccccc2OC(=O)c2ccc(Cl)cc2)c1. The second-order valence-corrected chi connectivity index (χ2v) is 6.97. The van der Waals surface area contributed by atoms with Gasteiger partial charge < -0.3 is 10.1 Å². The van der Waals surface area contributed by atoms with E-state index in [2.05, 4.69) is 15.8 Å². The van der Waals surface area contributed by atoms with Crippen molar-refractivity contribution in [1.82, 2.24) is 5.43 Å². The summed E-state index contributed by atoms with van der Waals surface area (Å²) < 4.78 is 5.49. The molecule has 0 aliphatic heterocycles. The smallest absolute Gasteiger partial charge is 0.343 e. The molecule has 0 saturated carbocycles. The molecule has 0 atom stereocenters. The van der Waals surface area contributed by atoms with Crippen LogP contribution in [0.25, 0.3) is 0 Å². The van der Waals surface area contributed by atoms with Crippen molar-refractivity contribution in [3.63, 3.8) is 0 Å². The fraction of sp³-hybridized carbons (Fsp3) is 0.0455. The average Bonchev–Trinajstić information content (AvgIpc) is 2.70. The van der Waals surface area contributed by atoms with Gasteiger partial charge in [0.1, 0.15) is 5.75 Å². The lowest BCUT2D eigenvalue weighted by atomic mass is 10.2. The molecule has 3 aromatic rings. The molecule has 3 rings (SSSR count). The Morgan fingerprint density at radius 2 is 1.83 bits per heavy atom. The summed E-state index contributed by atoms with van der Waals surface area (Å²) in [5, 5.41) is 8.08. The monoisotopic (exact) mass is 423 g/mol. The first kappa shape index (κ1) is 20.5. The van der Waals surface area contributed by atoms with E-state index in [0.717, 1.165) is 11.3 Å². The predicted octanol–water partition coefficient (Wildman–Crippen LogP) is 5.19. The van der Waals surface area contributed by atoms with Crippen LogP contribution in [0.4, 0.5) is 5.69 Å². The van der Waals surface area contributed by atoms with Crippen LogP contribution in [0.2, 0.25) is 5.02 Å². The number of ether oxygens (including phenoxy) is 1. The van der Waals surface area contributed by atoms with E-state index in [4.69, 9.17) is 28.6 Å². The second-order valence-electron chi connectivity index (χ2n) is 6.13. The van der Waals surface area contributed by atoms with Gasteiger partial charge in [0.05, 0.1) is 11.8 Å². The van der Waals surface area contributed by atoms with E-state index in [1.165, 1.54) is 6.21 Å². The van der Waals surface area contributed by atoms with Gasteiger partial charge in [0.15, 0.2) is 5.11 Å². The highest BCUT2D eigenvalue weighted by atomic mass is 35.5. The van der Waals surface area contributed by atoms with Gasteiger partial charge >= 0.3 is 5.97 Å². The van der Waals surface area contributed by atoms with Gasteiger partial charge in [-0.3, -0.25) is 5.43 Å². The summed E-state index contributed by atoms with van der Waals surface area (Å²) in [5.74, 6) is -0.0947. The zero-order chi connectivity index (χ0) is 20.6. The minimum atomic E-state index is -0.480. The number of hydrazone groups is 1. The molecule has 2 N–H and O–H groups in total. The Labute approximate surface area is 179 Å². The van der Waals surface area contributed by atoms with Gasteiger partial charge in [0, 0.05) is 16.3 Å². The number of nitrogens with one attached hydrogen (secondary N) is 2. The number of hydrogen-bond acceptors (Lipinski definition) is 4. The van der Waals surface area contributed by atoms with Crippen molar-refractivity contribution >= 4 is 46.8 Å². The molecule has 0 saturated heterocycles. The average molecular weight is 424 g/mol. The van der Waals surface area contributed by atoms with Gasteiger partial charge in [0.2, 0.25) is 0 Å². The third kappa shape index (κ3) is 6.14. The van der Waals surface area contributed by atoms with Gasteiger partial charge in [-0.25, -0.2) is 4.79 Å². The molecule has 0 amide bonds. The fourth-order valence-corrected chi connectivity index (χ4v) is 2.76. The Kier molecular flexibility index (Phi) is 6.94. The summed E-state index contributed by atoms with van der Waals surface area (Å²) >= 11 is 11.1. The summed E-state index contributed by atoms with van der Waals surface area (Å²) in [6, 6.07) is 21.4. The number of halogens is 1. The number of carbonyl (C=O) groups excluding carboxylic acids is 1. The Bertz CT molecular complexity index is 1050. The number of hydrogen-bond donors (Lipinski definition) is 2. The number of benzene rings is 3. The molecule has 0 fully saturated rings. The number of thiocarbonyl (C=S) groups is 1. The van der Waals surface area contributed by atoms with Crippen LogP contribution < -0.4 is 15.5 Å². The van der Waals surface area contributed by atoms with E-state index < -0.39 is 5.97 Å². The highest BCUT2D eigenvalue weighted by Crippen LogP contribution is 2.18. The van der Waals surface area contributed by atoms with Crippen LogP contribution in [-0.2, 0) is 0 Å². The van der Waals surface area contributed by atoms with Crippen molar-refractivity contribution in [2.24, 2.45) is 5.10 Å². The van der Waals surface area contributed by atoms with Crippen LogP contribution in [0.3, 0.4) is 0 Å². The third-order valence-electron chi connectivity index (χ3n) is 3.85. The van der Waals surface area contributed by atoms with Gasteiger partial charge in [-0.2, -0.15) is 5.10 Å². The van der Waals surface area contributed by atoms with Crippen molar-refractivity contribution in [1.29, 1.82) is 0 Å². The molecule has 3 aromatic carbocycles. The van der Waals surface area contributed by atoms with Gasteiger partial charge in [0.25, 0.3) is 0 Å². The predicted molar refractivity (Wildman–Crippen MR) is 121 cm³/mol. The van der Waals surface area contributed by atoms with E-state index in [-0.39, 0.29) is 0 Å². The van der Waals surface area contributed by atoms with Crippen LogP contribution in [-0.4, -0.2) is 17.3 Å². The lowest BCUT2D eigenvalue weighted by Crippen LogP contribution is -2.23. The van der Waals surface area contributed by atoms with Crippen LogP contribution in [0.5, 0.6) is 5.75 Å². The zero-order valence-corrected chi connectivity index (χ0v) is 17.1. The Balaban J connectivity index is 1.63. The van der Waals surface area contributed by atoms with Gasteiger partial charge in [-0.1, -0.05) is 35.9 Å². The molecule has 0 heterocycles. The molecule has 0 bridgehead atoms. The number of anilines is 1. The lowest BCUT2D eigenvalue weighted by Gasteiger charge is -2.09. The first-order chi connectivity index (χ1) is 14.0. The van der Waals surface area contributed by atoms with E-state index in [1.54, 1.807) is 42.5 Å². The first-order valence-corrected chi connectivity index (χ1v) is 9.53. The summed E-state index contributed by atoms with van der Waals surface area (Å²) in [6.45, 7) is 2.00.